The molecule has 0 bridgehead atoms. The molecule has 1 fully saturated rings. The van der Waals surface area contributed by atoms with E-state index >= 15 is 0 Å². The summed E-state index contributed by atoms with van der Waals surface area (Å²) in [7, 11) is 2.36. The zero-order chi connectivity index (χ0) is 19.3. The predicted molar refractivity (Wildman–Crippen MR) is 117 cm³/mol. The maximum absolute atomic E-state index is 3.44. The molecule has 0 unspecified atom stereocenters. The third kappa shape index (κ3) is 4.91. The lowest BCUT2D eigenvalue weighted by Gasteiger charge is -2.46. The van der Waals surface area contributed by atoms with Crippen molar-refractivity contribution in [1.82, 2.24) is 0 Å². The number of halogens is 1. The molecule has 4 rings (SSSR count). The van der Waals surface area contributed by atoms with E-state index in [0.717, 1.165) is 42.5 Å². The molecule has 29 heavy (non-hydrogen) atoms. The van der Waals surface area contributed by atoms with E-state index in [4.69, 9.17) is 0 Å². The van der Waals surface area contributed by atoms with Crippen molar-refractivity contribution in [2.24, 2.45) is 0 Å². The molecule has 0 amide bonds. The lowest BCUT2D eigenvalue weighted by molar-refractivity contribution is -0.908. The second kappa shape index (κ2) is 9.61. The van der Waals surface area contributed by atoms with Crippen molar-refractivity contribution in [3.63, 3.8) is 0 Å². The average Bonchev–Trinajstić information content (AvgIpc) is 2.77. The van der Waals surface area contributed by atoms with E-state index in [1.165, 1.54) is 11.1 Å². The fourth-order valence-corrected chi connectivity index (χ4v) is 4.43. The van der Waals surface area contributed by atoms with Gasteiger partial charge in [-0.1, -0.05) is 84.8 Å². The van der Waals surface area contributed by atoms with E-state index in [2.05, 4.69) is 104 Å². The van der Waals surface area contributed by atoms with Gasteiger partial charge in [-0.25, -0.2) is 0 Å². The van der Waals surface area contributed by atoms with Crippen LogP contribution in [-0.2, 0) is 5.41 Å². The maximum Gasteiger partial charge on any atom is 0.141 e. The molecule has 1 aliphatic heterocycles. The van der Waals surface area contributed by atoms with Crippen molar-refractivity contribution >= 4 is 0 Å². The van der Waals surface area contributed by atoms with Crippen molar-refractivity contribution in [3.8, 4) is 11.8 Å². The van der Waals surface area contributed by atoms with Gasteiger partial charge in [-0.05, 0) is 29.2 Å². The summed E-state index contributed by atoms with van der Waals surface area (Å²) < 4.78 is 1.03. The third-order valence-corrected chi connectivity index (χ3v) is 6.28. The lowest BCUT2D eigenvalue weighted by Crippen LogP contribution is -3.00. The number of quaternary nitrogens is 1. The van der Waals surface area contributed by atoms with Crippen LogP contribution in [0.3, 0.4) is 0 Å². The highest BCUT2D eigenvalue weighted by molar-refractivity contribution is 5.40. The Kier molecular flexibility index (Phi) is 7.16. The first kappa shape index (κ1) is 21.6. The fourth-order valence-electron chi connectivity index (χ4n) is 4.43. The molecule has 1 saturated heterocycles. The largest absolute Gasteiger partial charge is 1.00 e. The number of likely N-dealkylation sites (tertiary alicyclic amines) is 1. The summed E-state index contributed by atoms with van der Waals surface area (Å²) in [4.78, 5) is 0. The van der Waals surface area contributed by atoms with Crippen molar-refractivity contribution in [1.29, 1.82) is 0 Å². The Morgan fingerprint density at radius 3 is 1.66 bits per heavy atom. The Morgan fingerprint density at radius 1 is 0.724 bits per heavy atom. The molecule has 2 heteroatoms. The summed E-state index contributed by atoms with van der Waals surface area (Å²) in [5.41, 5.74) is 4.12. The van der Waals surface area contributed by atoms with Gasteiger partial charge in [0.1, 0.15) is 6.54 Å². The quantitative estimate of drug-likeness (QED) is 0.299. The SMILES string of the molecule is C[N+]1(CC#Cc2ccccc2)CCC(c2ccccc2)(c2ccccc2)CC1.[I-]. The topological polar surface area (TPSA) is 0 Å². The fraction of sp³-hybridized carbons (Fsp3) is 0.259. The van der Waals surface area contributed by atoms with Crippen LogP contribution < -0.4 is 24.0 Å². The van der Waals surface area contributed by atoms with Gasteiger partial charge in [-0.3, -0.25) is 0 Å². The zero-order valence-electron chi connectivity index (χ0n) is 17.0. The number of hydrogen-bond donors (Lipinski definition) is 0. The van der Waals surface area contributed by atoms with E-state index < -0.39 is 0 Å². The molecular weight excluding hydrogens is 465 g/mol. The van der Waals surface area contributed by atoms with E-state index in [9.17, 15) is 0 Å². The molecule has 0 N–H and O–H groups in total. The van der Waals surface area contributed by atoms with Gasteiger partial charge in [0.05, 0.1) is 20.1 Å². The minimum absolute atomic E-state index is 0. The second-order valence-corrected chi connectivity index (χ2v) is 8.21. The molecule has 1 heterocycles. The first-order chi connectivity index (χ1) is 13.7. The predicted octanol–water partition coefficient (Wildman–Crippen LogP) is 2.27. The summed E-state index contributed by atoms with van der Waals surface area (Å²) in [6.07, 6.45) is 2.31. The van der Waals surface area contributed by atoms with Gasteiger partial charge in [0, 0.05) is 23.8 Å². The Bertz CT molecular complexity index is 905. The monoisotopic (exact) mass is 493 g/mol. The molecule has 148 valence electrons. The molecular formula is C27H28IN. The van der Waals surface area contributed by atoms with Crippen LogP contribution in [0.5, 0.6) is 0 Å². The number of piperidine rings is 1. The Labute approximate surface area is 192 Å². The Balaban J connectivity index is 0.00000240. The molecule has 3 aromatic rings. The van der Waals surface area contributed by atoms with Gasteiger partial charge >= 0.3 is 0 Å². The normalized spacial score (nSPS) is 16.7. The number of nitrogens with zero attached hydrogens (tertiary/aromatic N) is 1. The number of hydrogen-bond acceptors (Lipinski definition) is 0. The molecule has 0 aromatic heterocycles. The van der Waals surface area contributed by atoms with Crippen LogP contribution in [0.25, 0.3) is 0 Å². The molecule has 3 aromatic carbocycles. The van der Waals surface area contributed by atoms with Crippen LogP contribution in [0.15, 0.2) is 91.0 Å². The Morgan fingerprint density at radius 2 is 1.17 bits per heavy atom. The van der Waals surface area contributed by atoms with E-state index in [0.29, 0.717) is 0 Å². The molecule has 1 nitrogen and oxygen atoms in total. The second-order valence-electron chi connectivity index (χ2n) is 8.21. The van der Waals surface area contributed by atoms with Crippen LogP contribution in [0.4, 0.5) is 0 Å². The van der Waals surface area contributed by atoms with E-state index in [1.807, 2.05) is 6.07 Å². The zero-order valence-corrected chi connectivity index (χ0v) is 19.2. The molecule has 0 aliphatic carbocycles. The summed E-state index contributed by atoms with van der Waals surface area (Å²) in [6, 6.07) is 32.4. The minimum Gasteiger partial charge on any atom is -1.00 e. The van der Waals surface area contributed by atoms with Gasteiger partial charge in [0.15, 0.2) is 0 Å². The highest BCUT2D eigenvalue weighted by atomic mass is 127. The summed E-state index contributed by atoms with van der Waals surface area (Å²) in [5.74, 6) is 6.78. The van der Waals surface area contributed by atoms with Gasteiger partial charge in [0.2, 0.25) is 0 Å². The van der Waals surface area contributed by atoms with E-state index in [1.54, 1.807) is 0 Å². The van der Waals surface area contributed by atoms with Gasteiger partial charge < -0.3 is 28.5 Å². The lowest BCUT2D eigenvalue weighted by atomic mass is 9.67. The average molecular weight is 493 g/mol. The number of benzene rings is 3. The molecule has 0 saturated carbocycles. The summed E-state index contributed by atoms with van der Waals surface area (Å²) in [6.45, 7) is 3.20. The highest BCUT2D eigenvalue weighted by Crippen LogP contribution is 2.42. The van der Waals surface area contributed by atoms with Gasteiger partial charge in [0.25, 0.3) is 0 Å². The molecule has 0 spiro atoms. The minimum atomic E-state index is 0. The molecule has 0 radical (unpaired) electrons. The van der Waals surface area contributed by atoms with Crippen LogP contribution in [0, 0.1) is 11.8 Å². The maximum atomic E-state index is 3.44. The third-order valence-electron chi connectivity index (χ3n) is 6.28. The van der Waals surface area contributed by atoms with Crippen molar-refractivity contribution in [2.75, 3.05) is 26.7 Å². The first-order valence-electron chi connectivity index (χ1n) is 10.2. The smallest absolute Gasteiger partial charge is 0.141 e. The van der Waals surface area contributed by atoms with Crippen LogP contribution >= 0.6 is 0 Å². The van der Waals surface area contributed by atoms with Crippen LogP contribution in [-0.4, -0.2) is 31.2 Å². The van der Waals surface area contributed by atoms with Crippen molar-refractivity contribution in [3.05, 3.63) is 108 Å². The van der Waals surface area contributed by atoms with Gasteiger partial charge in [-0.15, -0.1) is 0 Å². The number of rotatable bonds is 3. The molecule has 0 atom stereocenters. The summed E-state index contributed by atoms with van der Waals surface area (Å²) >= 11 is 0. The van der Waals surface area contributed by atoms with Crippen LogP contribution in [0.2, 0.25) is 0 Å². The van der Waals surface area contributed by atoms with E-state index in [-0.39, 0.29) is 29.4 Å². The first-order valence-corrected chi connectivity index (χ1v) is 10.2. The summed E-state index contributed by atoms with van der Waals surface area (Å²) in [5, 5.41) is 0. The van der Waals surface area contributed by atoms with Gasteiger partial charge in [-0.2, -0.15) is 0 Å². The van der Waals surface area contributed by atoms with Crippen molar-refractivity contribution in [2.45, 2.75) is 18.3 Å². The standard InChI is InChI=1S/C27H28N.HI/c1-28(21-11-14-24-12-5-2-6-13-24)22-19-27(20-23-28,25-15-7-3-8-16-25)26-17-9-4-10-18-26;/h2-10,12-13,15-18H,19-23H2,1H3;1H/q+1;/p-1. The van der Waals surface area contributed by atoms with Crippen molar-refractivity contribution < 1.29 is 28.5 Å². The highest BCUT2D eigenvalue weighted by Gasteiger charge is 2.42. The Hall–Kier alpha value is -2.09. The molecule has 1 aliphatic rings. The van der Waals surface area contributed by atoms with Crippen LogP contribution in [0.1, 0.15) is 29.5 Å².